The van der Waals surface area contributed by atoms with Crippen molar-refractivity contribution in [2.24, 2.45) is 0 Å². The van der Waals surface area contributed by atoms with Crippen molar-refractivity contribution in [2.45, 2.75) is 25.9 Å². The van der Waals surface area contributed by atoms with E-state index in [1.54, 1.807) is 0 Å². The monoisotopic (exact) mass is 419 g/mol. The zero-order valence-electron chi connectivity index (χ0n) is 14.7. The summed E-state index contributed by atoms with van der Waals surface area (Å²) in [7, 11) is 0. The Labute approximate surface area is 161 Å². The zero-order chi connectivity index (χ0) is 18.4. The second kappa shape index (κ2) is 9.05. The minimum Gasteiger partial charge on any atom is -0.491 e. The maximum atomic E-state index is 12.1. The average molecular weight is 420 g/mol. The molecule has 2 aromatic rings. The van der Waals surface area contributed by atoms with E-state index in [4.69, 9.17) is 14.2 Å². The van der Waals surface area contributed by atoms with Crippen LogP contribution in [0.15, 0.2) is 46.9 Å². The number of ether oxygens (including phenoxy) is 3. The summed E-state index contributed by atoms with van der Waals surface area (Å²) in [6.07, 6.45) is 2.33. The molecule has 1 N–H and O–H groups in total. The van der Waals surface area contributed by atoms with E-state index in [0.29, 0.717) is 18.0 Å². The third-order valence-corrected chi connectivity index (χ3v) is 4.59. The second-order valence-electron chi connectivity index (χ2n) is 6.22. The van der Waals surface area contributed by atoms with Crippen LogP contribution in [-0.2, 0) is 9.53 Å². The number of carbonyl (C=O) groups is 1. The summed E-state index contributed by atoms with van der Waals surface area (Å²) in [6, 6.07) is 13.0. The molecule has 0 saturated carbocycles. The van der Waals surface area contributed by atoms with Crippen LogP contribution >= 0.6 is 15.9 Å². The largest absolute Gasteiger partial charge is 0.491 e. The first-order valence-corrected chi connectivity index (χ1v) is 9.43. The molecule has 0 aliphatic carbocycles. The van der Waals surface area contributed by atoms with E-state index in [9.17, 15) is 4.79 Å². The molecule has 0 radical (unpaired) electrons. The average Bonchev–Trinajstić information content (AvgIpc) is 3.14. The minimum atomic E-state index is -0.208. The van der Waals surface area contributed by atoms with Gasteiger partial charge in [-0.25, -0.2) is 0 Å². The molecule has 138 valence electrons. The minimum absolute atomic E-state index is 0.0419. The molecule has 1 atom stereocenters. The van der Waals surface area contributed by atoms with E-state index in [1.165, 1.54) is 0 Å². The number of halogens is 1. The number of rotatable bonds is 7. The van der Waals surface area contributed by atoms with Crippen LogP contribution in [-0.4, -0.2) is 31.8 Å². The Kier molecular flexibility index (Phi) is 6.52. The van der Waals surface area contributed by atoms with Crippen molar-refractivity contribution in [1.82, 2.24) is 0 Å². The predicted molar refractivity (Wildman–Crippen MR) is 104 cm³/mol. The SMILES string of the molecule is Cc1cc(Br)ccc1OCC(=O)Nc1ccc(OC[C@@H]2CCCO2)cc1. The van der Waals surface area contributed by atoms with Gasteiger partial charge in [-0.2, -0.15) is 0 Å². The van der Waals surface area contributed by atoms with Gasteiger partial charge in [-0.05, 0) is 67.8 Å². The highest BCUT2D eigenvalue weighted by Crippen LogP contribution is 2.22. The fourth-order valence-corrected chi connectivity index (χ4v) is 3.19. The van der Waals surface area contributed by atoms with Gasteiger partial charge in [-0.15, -0.1) is 0 Å². The molecule has 0 aromatic heterocycles. The topological polar surface area (TPSA) is 56.8 Å². The number of carbonyl (C=O) groups excluding carboxylic acids is 1. The maximum absolute atomic E-state index is 12.1. The number of anilines is 1. The van der Waals surface area contributed by atoms with Gasteiger partial charge in [0.05, 0.1) is 6.10 Å². The summed E-state index contributed by atoms with van der Waals surface area (Å²) in [5, 5.41) is 2.81. The lowest BCUT2D eigenvalue weighted by Gasteiger charge is -2.12. The third kappa shape index (κ3) is 5.47. The van der Waals surface area contributed by atoms with Gasteiger partial charge in [0, 0.05) is 16.8 Å². The van der Waals surface area contributed by atoms with Crippen LogP contribution in [0.3, 0.4) is 0 Å². The molecule has 6 heteroatoms. The summed E-state index contributed by atoms with van der Waals surface area (Å²) < 4.78 is 17.8. The van der Waals surface area contributed by atoms with Gasteiger partial charge >= 0.3 is 0 Å². The van der Waals surface area contributed by atoms with Crippen LogP contribution < -0.4 is 14.8 Å². The molecule has 1 fully saturated rings. The number of benzene rings is 2. The zero-order valence-corrected chi connectivity index (χ0v) is 16.3. The van der Waals surface area contributed by atoms with E-state index in [2.05, 4.69) is 21.2 Å². The van der Waals surface area contributed by atoms with E-state index in [0.717, 1.165) is 35.2 Å². The van der Waals surface area contributed by atoms with Gasteiger partial charge in [0.1, 0.15) is 18.1 Å². The fourth-order valence-electron chi connectivity index (χ4n) is 2.71. The Bertz CT molecular complexity index is 742. The molecule has 26 heavy (non-hydrogen) atoms. The van der Waals surface area contributed by atoms with Crippen molar-refractivity contribution in [2.75, 3.05) is 25.1 Å². The lowest BCUT2D eigenvalue weighted by molar-refractivity contribution is -0.118. The van der Waals surface area contributed by atoms with Crippen molar-refractivity contribution in [3.63, 3.8) is 0 Å². The molecule has 1 aliphatic heterocycles. The number of hydrogen-bond donors (Lipinski definition) is 1. The standard InChI is InChI=1S/C20H22BrNO4/c1-14-11-15(21)4-9-19(14)26-13-20(23)22-16-5-7-17(8-6-16)25-12-18-3-2-10-24-18/h4-9,11,18H,2-3,10,12-13H2,1H3,(H,22,23)/t18-/m0/s1. The first-order chi connectivity index (χ1) is 12.6. The van der Waals surface area contributed by atoms with Gasteiger partial charge in [-0.1, -0.05) is 15.9 Å². The molecule has 1 heterocycles. The number of aryl methyl sites for hydroxylation is 1. The van der Waals surface area contributed by atoms with Gasteiger partial charge < -0.3 is 19.5 Å². The summed E-state index contributed by atoms with van der Waals surface area (Å²) >= 11 is 3.40. The van der Waals surface area contributed by atoms with E-state index in [-0.39, 0.29) is 18.6 Å². The molecule has 1 amide bonds. The van der Waals surface area contributed by atoms with Crippen LogP contribution in [0, 0.1) is 6.92 Å². The smallest absolute Gasteiger partial charge is 0.262 e. The summed E-state index contributed by atoms with van der Waals surface area (Å²) in [6.45, 7) is 3.28. The first-order valence-electron chi connectivity index (χ1n) is 8.63. The molecule has 1 aliphatic rings. The highest BCUT2D eigenvalue weighted by atomic mass is 79.9. The molecular weight excluding hydrogens is 398 g/mol. The number of hydrogen-bond acceptors (Lipinski definition) is 4. The van der Waals surface area contributed by atoms with E-state index >= 15 is 0 Å². The van der Waals surface area contributed by atoms with Crippen molar-refractivity contribution < 1.29 is 19.0 Å². The molecule has 5 nitrogen and oxygen atoms in total. The third-order valence-electron chi connectivity index (χ3n) is 4.09. The predicted octanol–water partition coefficient (Wildman–Crippen LogP) is 4.33. The lowest BCUT2D eigenvalue weighted by atomic mass is 10.2. The van der Waals surface area contributed by atoms with Gasteiger partial charge in [0.25, 0.3) is 5.91 Å². The van der Waals surface area contributed by atoms with Gasteiger partial charge in [0.15, 0.2) is 6.61 Å². The Hall–Kier alpha value is -2.05. The molecule has 3 rings (SSSR count). The number of amides is 1. The van der Waals surface area contributed by atoms with Gasteiger partial charge in [-0.3, -0.25) is 4.79 Å². The first kappa shape index (κ1) is 18.7. The van der Waals surface area contributed by atoms with Crippen LogP contribution in [0.2, 0.25) is 0 Å². The Morgan fingerprint density at radius 1 is 1.23 bits per heavy atom. The Morgan fingerprint density at radius 3 is 2.73 bits per heavy atom. The number of nitrogens with one attached hydrogen (secondary N) is 1. The summed E-state index contributed by atoms with van der Waals surface area (Å²) in [5.74, 6) is 1.25. The Balaban J connectivity index is 1.44. The molecule has 0 unspecified atom stereocenters. The highest BCUT2D eigenvalue weighted by molar-refractivity contribution is 9.10. The molecule has 1 saturated heterocycles. The highest BCUT2D eigenvalue weighted by Gasteiger charge is 2.15. The fraction of sp³-hybridized carbons (Fsp3) is 0.350. The lowest BCUT2D eigenvalue weighted by Crippen LogP contribution is -2.20. The van der Waals surface area contributed by atoms with E-state index < -0.39 is 0 Å². The van der Waals surface area contributed by atoms with Crippen molar-refractivity contribution in [3.05, 3.63) is 52.5 Å². The maximum Gasteiger partial charge on any atom is 0.262 e. The van der Waals surface area contributed by atoms with Gasteiger partial charge in [0.2, 0.25) is 0 Å². The molecular formula is C20H22BrNO4. The molecule has 0 bridgehead atoms. The van der Waals surface area contributed by atoms with Crippen molar-refractivity contribution in [3.8, 4) is 11.5 Å². The van der Waals surface area contributed by atoms with Crippen molar-refractivity contribution >= 4 is 27.5 Å². The quantitative estimate of drug-likeness (QED) is 0.725. The van der Waals surface area contributed by atoms with Crippen LogP contribution in [0.1, 0.15) is 18.4 Å². The normalized spacial score (nSPS) is 16.3. The van der Waals surface area contributed by atoms with Crippen LogP contribution in [0.4, 0.5) is 5.69 Å². The van der Waals surface area contributed by atoms with Crippen LogP contribution in [0.25, 0.3) is 0 Å². The molecule has 0 spiro atoms. The van der Waals surface area contributed by atoms with Crippen molar-refractivity contribution in [1.29, 1.82) is 0 Å². The molecule has 2 aromatic carbocycles. The summed E-state index contributed by atoms with van der Waals surface area (Å²) in [4.78, 5) is 12.1. The van der Waals surface area contributed by atoms with Crippen LogP contribution in [0.5, 0.6) is 11.5 Å². The second-order valence-corrected chi connectivity index (χ2v) is 7.13. The summed E-state index contributed by atoms with van der Waals surface area (Å²) in [5.41, 5.74) is 1.68. The van der Waals surface area contributed by atoms with E-state index in [1.807, 2.05) is 49.4 Å². The Morgan fingerprint density at radius 2 is 2.04 bits per heavy atom.